The van der Waals surface area contributed by atoms with Crippen molar-refractivity contribution in [1.29, 1.82) is 0 Å². The maximum atomic E-state index is 5.71. The van der Waals surface area contributed by atoms with E-state index in [0.717, 1.165) is 32.8 Å². The lowest BCUT2D eigenvalue weighted by Crippen LogP contribution is -2.45. The molecule has 4 heteroatoms. The minimum atomic E-state index is 0.332. The number of ether oxygens (including phenoxy) is 1. The fourth-order valence-electron chi connectivity index (χ4n) is 1.79. The lowest BCUT2D eigenvalue weighted by atomic mass is 10.2. The number of likely N-dealkylation sites (N-methyl/N-ethyl adjacent to an activating group) is 1. The van der Waals surface area contributed by atoms with Gasteiger partial charge in [-0.3, -0.25) is 4.90 Å². The van der Waals surface area contributed by atoms with Crippen LogP contribution in [0.3, 0.4) is 0 Å². The molecule has 1 fully saturated rings. The first-order valence-corrected chi connectivity index (χ1v) is 6.43. The lowest BCUT2D eigenvalue weighted by molar-refractivity contribution is -0.0191. The molecule has 1 saturated heterocycles. The van der Waals surface area contributed by atoms with Gasteiger partial charge in [-0.1, -0.05) is 6.92 Å². The molecule has 0 aromatic carbocycles. The van der Waals surface area contributed by atoms with Crippen LogP contribution in [0.2, 0.25) is 0 Å². The minimum Gasteiger partial charge on any atom is -0.382 e. The van der Waals surface area contributed by atoms with E-state index in [1.54, 1.807) is 11.3 Å². The number of hydrogen-bond acceptors (Lipinski definition) is 4. The number of morpholine rings is 1. The molecule has 1 aromatic rings. The fourth-order valence-corrected chi connectivity index (χ4v) is 2.40. The summed E-state index contributed by atoms with van der Waals surface area (Å²) in [5.41, 5.74) is 1.21. The van der Waals surface area contributed by atoms with E-state index < -0.39 is 0 Å². The van der Waals surface area contributed by atoms with Gasteiger partial charge in [0.25, 0.3) is 0 Å². The summed E-state index contributed by atoms with van der Waals surface area (Å²) in [5.74, 6) is 0. The highest BCUT2D eigenvalue weighted by atomic mass is 32.1. The summed E-state index contributed by atoms with van der Waals surface area (Å²) in [5, 5.41) is 7.61. The first-order valence-electron chi connectivity index (χ1n) is 5.48. The van der Waals surface area contributed by atoms with Crippen LogP contribution < -0.4 is 5.32 Å². The summed E-state index contributed by atoms with van der Waals surface area (Å²) in [6.45, 7) is 7.23. The second-order valence-corrected chi connectivity index (χ2v) is 4.56. The third kappa shape index (κ3) is 3.19. The summed E-state index contributed by atoms with van der Waals surface area (Å²) in [6, 6.07) is 2.10. The molecule has 0 radical (unpaired) electrons. The Morgan fingerprint density at radius 3 is 3.33 bits per heavy atom. The molecule has 1 atom stereocenters. The van der Waals surface area contributed by atoms with Crippen LogP contribution >= 0.6 is 11.3 Å². The van der Waals surface area contributed by atoms with Crippen molar-refractivity contribution in [2.75, 3.05) is 38.1 Å². The highest BCUT2D eigenvalue weighted by Crippen LogP contribution is 2.13. The molecular weight excluding hydrogens is 208 g/mol. The predicted octanol–water partition coefficient (Wildman–Crippen LogP) is 1.88. The van der Waals surface area contributed by atoms with E-state index in [1.165, 1.54) is 5.69 Å². The zero-order valence-corrected chi connectivity index (χ0v) is 9.93. The van der Waals surface area contributed by atoms with E-state index in [1.807, 2.05) is 0 Å². The van der Waals surface area contributed by atoms with Crippen molar-refractivity contribution in [2.24, 2.45) is 0 Å². The number of hydrogen-bond donors (Lipinski definition) is 1. The summed E-state index contributed by atoms with van der Waals surface area (Å²) >= 11 is 1.72. The molecule has 1 unspecified atom stereocenters. The normalized spacial score (nSPS) is 22.9. The Balaban J connectivity index is 1.74. The molecule has 0 bridgehead atoms. The van der Waals surface area contributed by atoms with Crippen molar-refractivity contribution in [1.82, 2.24) is 4.90 Å². The van der Waals surface area contributed by atoms with E-state index in [2.05, 4.69) is 34.0 Å². The average molecular weight is 226 g/mol. The fraction of sp³-hybridized carbons (Fsp3) is 0.636. The topological polar surface area (TPSA) is 24.5 Å². The van der Waals surface area contributed by atoms with Crippen LogP contribution in [0.15, 0.2) is 16.8 Å². The van der Waals surface area contributed by atoms with Gasteiger partial charge < -0.3 is 10.1 Å². The molecule has 2 rings (SSSR count). The summed E-state index contributed by atoms with van der Waals surface area (Å²) in [4.78, 5) is 2.43. The molecular formula is C11H18N2OS. The summed E-state index contributed by atoms with van der Waals surface area (Å²) in [7, 11) is 0. The first kappa shape index (κ1) is 10.9. The van der Waals surface area contributed by atoms with Crippen LogP contribution in [0.1, 0.15) is 6.92 Å². The third-order valence-electron chi connectivity index (χ3n) is 2.73. The Bertz CT molecular complexity index is 276. The molecule has 0 amide bonds. The maximum absolute atomic E-state index is 5.71. The van der Waals surface area contributed by atoms with Crippen LogP contribution in [0, 0.1) is 0 Å². The maximum Gasteiger partial charge on any atom is 0.0874 e. The van der Waals surface area contributed by atoms with Gasteiger partial charge in [0, 0.05) is 30.7 Å². The monoisotopic (exact) mass is 226 g/mol. The molecule has 1 N–H and O–H groups in total. The van der Waals surface area contributed by atoms with Crippen molar-refractivity contribution < 1.29 is 4.74 Å². The highest BCUT2D eigenvalue weighted by molar-refractivity contribution is 7.08. The van der Waals surface area contributed by atoms with Crippen LogP contribution in [-0.2, 0) is 4.74 Å². The number of anilines is 1. The van der Waals surface area contributed by atoms with Gasteiger partial charge >= 0.3 is 0 Å². The van der Waals surface area contributed by atoms with Crippen molar-refractivity contribution >= 4 is 17.0 Å². The Labute approximate surface area is 95.0 Å². The molecule has 1 aliphatic heterocycles. The van der Waals surface area contributed by atoms with Gasteiger partial charge in [0.1, 0.15) is 0 Å². The Hall–Kier alpha value is -0.580. The summed E-state index contributed by atoms with van der Waals surface area (Å²) < 4.78 is 5.71. The minimum absolute atomic E-state index is 0.332. The van der Waals surface area contributed by atoms with Crippen molar-refractivity contribution in [3.8, 4) is 0 Å². The molecule has 0 saturated carbocycles. The van der Waals surface area contributed by atoms with Crippen LogP contribution in [0.4, 0.5) is 5.69 Å². The van der Waals surface area contributed by atoms with Gasteiger partial charge in [-0.2, -0.15) is 11.3 Å². The highest BCUT2D eigenvalue weighted by Gasteiger charge is 2.18. The molecule has 84 valence electrons. The Kier molecular flexibility index (Phi) is 4.00. The zero-order chi connectivity index (χ0) is 10.5. The first-order chi connectivity index (χ1) is 7.38. The average Bonchev–Trinajstić information content (AvgIpc) is 2.79. The van der Waals surface area contributed by atoms with E-state index in [0.29, 0.717) is 6.10 Å². The SMILES string of the molecule is CCN1CCOC(CNc2ccsc2)C1. The molecule has 1 aliphatic rings. The smallest absolute Gasteiger partial charge is 0.0874 e. The molecule has 15 heavy (non-hydrogen) atoms. The van der Waals surface area contributed by atoms with Gasteiger partial charge in [-0.05, 0) is 18.0 Å². The van der Waals surface area contributed by atoms with Crippen molar-refractivity contribution in [3.05, 3.63) is 16.8 Å². The van der Waals surface area contributed by atoms with Crippen LogP contribution in [0.5, 0.6) is 0 Å². The zero-order valence-electron chi connectivity index (χ0n) is 9.11. The molecule has 0 aliphatic carbocycles. The summed E-state index contributed by atoms with van der Waals surface area (Å²) in [6.07, 6.45) is 0.332. The number of nitrogens with zero attached hydrogens (tertiary/aromatic N) is 1. The van der Waals surface area contributed by atoms with Crippen LogP contribution in [0.25, 0.3) is 0 Å². The van der Waals surface area contributed by atoms with Gasteiger partial charge in [-0.25, -0.2) is 0 Å². The number of nitrogens with one attached hydrogen (secondary N) is 1. The van der Waals surface area contributed by atoms with E-state index in [-0.39, 0.29) is 0 Å². The molecule has 2 heterocycles. The second-order valence-electron chi connectivity index (χ2n) is 3.78. The standard InChI is InChI=1S/C11H18N2OS/c1-2-13-4-5-14-11(8-13)7-12-10-3-6-15-9-10/h3,6,9,11-12H,2,4-5,7-8H2,1H3. The van der Waals surface area contributed by atoms with Gasteiger partial charge in [0.15, 0.2) is 0 Å². The lowest BCUT2D eigenvalue weighted by Gasteiger charge is -2.32. The van der Waals surface area contributed by atoms with Crippen molar-refractivity contribution in [2.45, 2.75) is 13.0 Å². The Morgan fingerprint density at radius 2 is 2.60 bits per heavy atom. The predicted molar refractivity (Wildman–Crippen MR) is 64.7 cm³/mol. The van der Waals surface area contributed by atoms with Gasteiger partial charge in [-0.15, -0.1) is 0 Å². The molecule has 0 spiro atoms. The van der Waals surface area contributed by atoms with Gasteiger partial charge in [0.05, 0.1) is 12.7 Å². The third-order valence-corrected chi connectivity index (χ3v) is 3.41. The van der Waals surface area contributed by atoms with Crippen molar-refractivity contribution in [3.63, 3.8) is 0 Å². The molecule has 3 nitrogen and oxygen atoms in total. The number of rotatable bonds is 4. The second kappa shape index (κ2) is 5.49. The van der Waals surface area contributed by atoms with E-state index in [9.17, 15) is 0 Å². The largest absolute Gasteiger partial charge is 0.382 e. The van der Waals surface area contributed by atoms with Gasteiger partial charge in [0.2, 0.25) is 0 Å². The Morgan fingerprint density at radius 1 is 1.67 bits per heavy atom. The van der Waals surface area contributed by atoms with E-state index >= 15 is 0 Å². The molecule has 1 aromatic heterocycles. The van der Waals surface area contributed by atoms with Crippen LogP contribution in [-0.4, -0.2) is 43.8 Å². The van der Waals surface area contributed by atoms with E-state index in [4.69, 9.17) is 4.74 Å². The number of thiophene rings is 1. The quantitative estimate of drug-likeness (QED) is 0.848.